The molecule has 0 aromatic carbocycles. The van der Waals surface area contributed by atoms with Crippen LogP contribution in [0.15, 0.2) is 12.7 Å². The van der Waals surface area contributed by atoms with E-state index in [0.717, 1.165) is 0 Å². The predicted molar refractivity (Wildman–Crippen MR) is 68.5 cm³/mol. The molecule has 0 aliphatic rings. The summed E-state index contributed by atoms with van der Waals surface area (Å²) in [5.41, 5.74) is 0. The summed E-state index contributed by atoms with van der Waals surface area (Å²) in [6, 6.07) is -0.141. The highest BCUT2D eigenvalue weighted by atomic mass is 16.5. The Labute approximate surface area is 108 Å². The van der Waals surface area contributed by atoms with Crippen LogP contribution in [0.5, 0.6) is 0 Å². The van der Waals surface area contributed by atoms with Gasteiger partial charge in [-0.2, -0.15) is 0 Å². The highest BCUT2D eigenvalue weighted by Crippen LogP contribution is 2.00. The van der Waals surface area contributed by atoms with Crippen LogP contribution in [-0.2, 0) is 9.53 Å². The molecule has 104 valence electrons. The zero-order chi connectivity index (χ0) is 14.0. The second-order valence-corrected chi connectivity index (χ2v) is 3.93. The minimum absolute atomic E-state index is 0.0666. The Morgan fingerprint density at radius 3 is 2.56 bits per heavy atom. The standard InChI is InChI=1S/C12H22N2O4/c1-4-7-14(9-10-18-3)12(17)13(2)8-5-6-11(15)16/h4H,1,5-10H2,2-3H3,(H,15,16). The van der Waals surface area contributed by atoms with Gasteiger partial charge in [0.15, 0.2) is 0 Å². The van der Waals surface area contributed by atoms with E-state index in [0.29, 0.717) is 32.7 Å². The molecule has 0 radical (unpaired) electrons. The lowest BCUT2D eigenvalue weighted by molar-refractivity contribution is -0.137. The number of nitrogens with zero attached hydrogens (tertiary/aromatic N) is 2. The van der Waals surface area contributed by atoms with Gasteiger partial charge in [0.2, 0.25) is 0 Å². The minimum Gasteiger partial charge on any atom is -0.481 e. The fourth-order valence-corrected chi connectivity index (χ4v) is 1.43. The number of urea groups is 1. The molecule has 0 fully saturated rings. The zero-order valence-corrected chi connectivity index (χ0v) is 11.1. The van der Waals surface area contributed by atoms with E-state index in [9.17, 15) is 9.59 Å². The number of carbonyl (C=O) groups excluding carboxylic acids is 1. The fourth-order valence-electron chi connectivity index (χ4n) is 1.43. The summed E-state index contributed by atoms with van der Waals surface area (Å²) in [6.45, 7) is 5.43. The number of ether oxygens (including phenoxy) is 1. The topological polar surface area (TPSA) is 70.1 Å². The van der Waals surface area contributed by atoms with Crippen molar-refractivity contribution < 1.29 is 19.4 Å². The Hall–Kier alpha value is -1.56. The molecule has 0 spiro atoms. The molecule has 0 bridgehead atoms. The molecule has 0 aromatic heterocycles. The predicted octanol–water partition coefficient (Wildman–Crippen LogP) is 1.04. The van der Waals surface area contributed by atoms with Gasteiger partial charge in [-0.15, -0.1) is 6.58 Å². The van der Waals surface area contributed by atoms with Crippen LogP contribution in [0.2, 0.25) is 0 Å². The van der Waals surface area contributed by atoms with Crippen molar-refractivity contribution >= 4 is 12.0 Å². The first-order valence-corrected chi connectivity index (χ1v) is 5.84. The summed E-state index contributed by atoms with van der Waals surface area (Å²) in [7, 11) is 3.24. The summed E-state index contributed by atoms with van der Waals surface area (Å²) >= 11 is 0. The quantitative estimate of drug-likeness (QED) is 0.627. The largest absolute Gasteiger partial charge is 0.481 e. The van der Waals surface area contributed by atoms with Crippen LogP contribution in [0.25, 0.3) is 0 Å². The van der Waals surface area contributed by atoms with Crippen molar-refractivity contribution in [3.63, 3.8) is 0 Å². The molecule has 6 nitrogen and oxygen atoms in total. The highest BCUT2D eigenvalue weighted by Gasteiger charge is 2.16. The molecule has 0 saturated heterocycles. The molecule has 0 aliphatic heterocycles. The van der Waals surface area contributed by atoms with E-state index in [1.54, 1.807) is 25.1 Å². The monoisotopic (exact) mass is 258 g/mol. The van der Waals surface area contributed by atoms with Crippen LogP contribution in [0, 0.1) is 0 Å². The first-order valence-electron chi connectivity index (χ1n) is 5.84. The minimum atomic E-state index is -0.849. The summed E-state index contributed by atoms with van der Waals surface area (Å²) < 4.78 is 4.94. The van der Waals surface area contributed by atoms with E-state index < -0.39 is 5.97 Å². The average molecular weight is 258 g/mol. The lowest BCUT2D eigenvalue weighted by Gasteiger charge is -2.27. The number of amides is 2. The second-order valence-electron chi connectivity index (χ2n) is 3.93. The molecule has 0 unspecified atom stereocenters. The van der Waals surface area contributed by atoms with Gasteiger partial charge in [-0.05, 0) is 6.42 Å². The van der Waals surface area contributed by atoms with E-state index in [1.165, 1.54) is 4.90 Å². The van der Waals surface area contributed by atoms with E-state index in [2.05, 4.69) is 6.58 Å². The number of rotatable bonds is 9. The van der Waals surface area contributed by atoms with Crippen molar-refractivity contribution in [1.82, 2.24) is 9.80 Å². The third-order valence-corrected chi connectivity index (χ3v) is 2.40. The van der Waals surface area contributed by atoms with Gasteiger partial charge < -0.3 is 19.6 Å². The normalized spacial score (nSPS) is 9.89. The van der Waals surface area contributed by atoms with Crippen LogP contribution in [-0.4, -0.2) is 67.3 Å². The number of methoxy groups -OCH3 is 1. The smallest absolute Gasteiger partial charge is 0.320 e. The first kappa shape index (κ1) is 16.4. The lowest BCUT2D eigenvalue weighted by Crippen LogP contribution is -2.43. The molecule has 0 atom stereocenters. The van der Waals surface area contributed by atoms with Gasteiger partial charge in [-0.25, -0.2) is 4.79 Å². The number of carboxylic acid groups (broad SMARTS) is 1. The van der Waals surface area contributed by atoms with Crippen LogP contribution < -0.4 is 0 Å². The Morgan fingerprint density at radius 1 is 1.39 bits per heavy atom. The Morgan fingerprint density at radius 2 is 2.06 bits per heavy atom. The lowest BCUT2D eigenvalue weighted by atomic mass is 10.3. The third-order valence-electron chi connectivity index (χ3n) is 2.40. The van der Waals surface area contributed by atoms with Crippen molar-refractivity contribution in [1.29, 1.82) is 0 Å². The van der Waals surface area contributed by atoms with Crippen molar-refractivity contribution in [2.75, 3.05) is 40.4 Å². The average Bonchev–Trinajstić information content (AvgIpc) is 2.33. The Balaban J connectivity index is 4.18. The maximum atomic E-state index is 12.0. The molecule has 1 N–H and O–H groups in total. The molecule has 0 heterocycles. The summed E-state index contributed by atoms with van der Waals surface area (Å²) in [4.78, 5) is 25.5. The van der Waals surface area contributed by atoms with Gasteiger partial charge in [-0.3, -0.25) is 4.79 Å². The summed E-state index contributed by atoms with van der Waals surface area (Å²) in [5.74, 6) is -0.849. The molecule has 0 aliphatic carbocycles. The van der Waals surface area contributed by atoms with Crippen LogP contribution in [0.3, 0.4) is 0 Å². The van der Waals surface area contributed by atoms with E-state index in [-0.39, 0.29) is 12.5 Å². The molecule has 0 aromatic rings. The third kappa shape index (κ3) is 6.90. The molecule has 2 amide bonds. The molecule has 6 heteroatoms. The van der Waals surface area contributed by atoms with Crippen LogP contribution >= 0.6 is 0 Å². The summed E-state index contributed by atoms with van der Waals surface area (Å²) in [5, 5.41) is 8.53. The number of carboxylic acids is 1. The molecule has 0 rings (SSSR count). The second kappa shape index (κ2) is 9.47. The van der Waals surface area contributed by atoms with E-state index in [1.807, 2.05) is 0 Å². The van der Waals surface area contributed by atoms with Gasteiger partial charge in [-0.1, -0.05) is 6.08 Å². The number of hydrogen-bond donors (Lipinski definition) is 1. The maximum Gasteiger partial charge on any atom is 0.320 e. The molecular weight excluding hydrogens is 236 g/mol. The van der Waals surface area contributed by atoms with Gasteiger partial charge in [0.25, 0.3) is 0 Å². The molecule has 0 saturated carbocycles. The van der Waals surface area contributed by atoms with Crippen LogP contribution in [0.1, 0.15) is 12.8 Å². The number of aliphatic carboxylic acids is 1. The Kier molecular flexibility index (Phi) is 8.65. The van der Waals surface area contributed by atoms with Gasteiger partial charge >= 0.3 is 12.0 Å². The fraction of sp³-hybridized carbons (Fsp3) is 0.667. The van der Waals surface area contributed by atoms with E-state index >= 15 is 0 Å². The summed E-state index contributed by atoms with van der Waals surface area (Å²) in [6.07, 6.45) is 2.17. The van der Waals surface area contributed by atoms with Gasteiger partial charge in [0.05, 0.1) is 6.61 Å². The Bertz CT molecular complexity index is 281. The van der Waals surface area contributed by atoms with Crippen molar-refractivity contribution in [2.45, 2.75) is 12.8 Å². The SMILES string of the molecule is C=CCN(CCOC)C(=O)N(C)CCCC(=O)O. The van der Waals surface area contributed by atoms with Crippen LogP contribution in [0.4, 0.5) is 4.79 Å². The van der Waals surface area contributed by atoms with E-state index in [4.69, 9.17) is 9.84 Å². The zero-order valence-electron chi connectivity index (χ0n) is 11.1. The van der Waals surface area contributed by atoms with Crippen molar-refractivity contribution in [3.8, 4) is 0 Å². The highest BCUT2D eigenvalue weighted by molar-refractivity contribution is 5.74. The van der Waals surface area contributed by atoms with Gasteiger partial charge in [0.1, 0.15) is 0 Å². The van der Waals surface area contributed by atoms with Gasteiger partial charge in [0, 0.05) is 40.2 Å². The number of hydrogen-bond acceptors (Lipinski definition) is 3. The van der Waals surface area contributed by atoms with Crippen molar-refractivity contribution in [2.24, 2.45) is 0 Å². The number of carbonyl (C=O) groups is 2. The first-order chi connectivity index (χ1) is 8.52. The molecular formula is C12H22N2O4. The van der Waals surface area contributed by atoms with Crippen molar-refractivity contribution in [3.05, 3.63) is 12.7 Å². The molecule has 18 heavy (non-hydrogen) atoms. The maximum absolute atomic E-state index is 12.0.